The van der Waals surface area contributed by atoms with E-state index in [0.717, 1.165) is 0 Å². The number of rotatable bonds is 14. The number of carbonyl (C=O) groups excluding carboxylic acids is 4. The third-order valence-corrected chi connectivity index (χ3v) is 5.51. The Morgan fingerprint density at radius 1 is 0.914 bits per heavy atom. The average Bonchev–Trinajstić information content (AvgIpc) is 2.79. The zero-order chi connectivity index (χ0) is 26.7. The summed E-state index contributed by atoms with van der Waals surface area (Å²) in [7, 11) is 0. The van der Waals surface area contributed by atoms with Crippen molar-refractivity contribution in [1.29, 1.82) is 0 Å². The van der Waals surface area contributed by atoms with Gasteiger partial charge in [0.25, 0.3) is 0 Å². The van der Waals surface area contributed by atoms with Gasteiger partial charge in [-0.3, -0.25) is 19.2 Å². The van der Waals surface area contributed by atoms with Gasteiger partial charge in [0.2, 0.25) is 23.6 Å². The molecule has 0 aliphatic carbocycles. The lowest BCUT2D eigenvalue weighted by atomic mass is 9.96. The molecule has 0 bridgehead atoms. The summed E-state index contributed by atoms with van der Waals surface area (Å²) in [6, 6.07) is 1.39. The third-order valence-electron chi connectivity index (χ3n) is 5.51. The van der Waals surface area contributed by atoms with Gasteiger partial charge in [-0.05, 0) is 37.0 Å². The van der Waals surface area contributed by atoms with Crippen LogP contribution in [0.1, 0.15) is 45.6 Å². The Balaban J connectivity index is 3.03. The lowest BCUT2D eigenvalue weighted by Crippen LogP contribution is -2.58. The molecule has 9 N–H and O–H groups in total. The molecule has 5 unspecified atom stereocenters. The molecule has 0 saturated heterocycles. The summed E-state index contributed by atoms with van der Waals surface area (Å²) in [5, 5.41) is 26.5. The van der Waals surface area contributed by atoms with Gasteiger partial charge < -0.3 is 37.6 Å². The summed E-state index contributed by atoms with van der Waals surface area (Å²) in [4.78, 5) is 61.0. The van der Waals surface area contributed by atoms with Crippen molar-refractivity contribution in [2.45, 2.75) is 70.6 Å². The Bertz CT molecular complexity index is 904. The smallest absolute Gasteiger partial charge is 0.326 e. The molecule has 0 saturated carbocycles. The van der Waals surface area contributed by atoms with Gasteiger partial charge in [0.05, 0.1) is 6.04 Å². The molecule has 1 rings (SSSR count). The van der Waals surface area contributed by atoms with Crippen LogP contribution in [0.5, 0.6) is 5.75 Å². The Hall–Kier alpha value is -3.67. The van der Waals surface area contributed by atoms with Crippen molar-refractivity contribution in [3.05, 3.63) is 29.8 Å². The first-order chi connectivity index (χ1) is 16.3. The topological polar surface area (TPSA) is 214 Å². The van der Waals surface area contributed by atoms with Crippen LogP contribution in [0.4, 0.5) is 0 Å². The van der Waals surface area contributed by atoms with Crippen LogP contribution < -0.4 is 27.4 Å². The van der Waals surface area contributed by atoms with Crippen LogP contribution in [0.2, 0.25) is 0 Å². The fraction of sp³-hybridized carbons (Fsp3) is 0.522. The van der Waals surface area contributed by atoms with Crippen LogP contribution >= 0.6 is 0 Å². The number of hydrogen-bond acceptors (Lipinski definition) is 7. The normalized spacial score (nSPS) is 15.1. The number of nitrogens with two attached hydrogens (primary N) is 2. The molecule has 0 spiro atoms. The molecule has 0 aromatic heterocycles. The van der Waals surface area contributed by atoms with E-state index < -0.39 is 53.8 Å². The molecule has 194 valence electrons. The summed E-state index contributed by atoms with van der Waals surface area (Å²) >= 11 is 0. The van der Waals surface area contributed by atoms with Crippen molar-refractivity contribution >= 4 is 29.6 Å². The summed E-state index contributed by atoms with van der Waals surface area (Å²) < 4.78 is 0. The van der Waals surface area contributed by atoms with Gasteiger partial charge >= 0.3 is 5.97 Å². The monoisotopic (exact) mass is 493 g/mol. The first kappa shape index (κ1) is 29.4. The van der Waals surface area contributed by atoms with Crippen molar-refractivity contribution in [1.82, 2.24) is 16.0 Å². The number of aliphatic carboxylic acids is 1. The second-order valence-corrected chi connectivity index (χ2v) is 8.50. The minimum atomic E-state index is -1.29. The van der Waals surface area contributed by atoms with Crippen molar-refractivity contribution in [2.24, 2.45) is 17.4 Å². The minimum Gasteiger partial charge on any atom is -0.508 e. The van der Waals surface area contributed by atoms with Gasteiger partial charge in [0.1, 0.15) is 23.9 Å². The number of carboxylic acids is 1. The highest BCUT2D eigenvalue weighted by atomic mass is 16.4. The summed E-state index contributed by atoms with van der Waals surface area (Å²) in [5.41, 5.74) is 11.3. The predicted molar refractivity (Wildman–Crippen MR) is 127 cm³/mol. The van der Waals surface area contributed by atoms with E-state index in [0.29, 0.717) is 12.0 Å². The SMILES string of the molecule is CCC(C)C(NC(=O)C(CCC(N)=O)NC(=O)C(C)N)C(=O)NC(Cc1ccc(O)cc1)C(=O)O. The summed E-state index contributed by atoms with van der Waals surface area (Å²) in [5.74, 6) is -4.39. The standard InChI is InChI=1S/C23H35N5O7/c1-4-12(2)19(28-21(32)16(9-10-18(25)30)26-20(31)13(3)24)22(33)27-17(23(34)35)11-14-5-7-15(29)8-6-14/h5-8,12-13,16-17,19,29H,4,9-11,24H2,1-3H3,(H2,25,30)(H,26,31)(H,27,33)(H,28,32)(H,34,35). The maximum atomic E-state index is 13.0. The van der Waals surface area contributed by atoms with Gasteiger partial charge in [0.15, 0.2) is 0 Å². The lowest BCUT2D eigenvalue weighted by Gasteiger charge is -2.28. The van der Waals surface area contributed by atoms with Gasteiger partial charge in [-0.15, -0.1) is 0 Å². The van der Waals surface area contributed by atoms with E-state index >= 15 is 0 Å². The molecule has 0 fully saturated rings. The Labute approximate surface area is 203 Å². The van der Waals surface area contributed by atoms with Gasteiger partial charge in [0, 0.05) is 12.8 Å². The van der Waals surface area contributed by atoms with Crippen molar-refractivity contribution in [3.63, 3.8) is 0 Å². The third kappa shape index (κ3) is 10.0. The van der Waals surface area contributed by atoms with E-state index in [1.807, 2.05) is 0 Å². The maximum Gasteiger partial charge on any atom is 0.326 e. The number of hydrogen-bond donors (Lipinski definition) is 7. The Kier molecular flexibility index (Phi) is 11.7. The predicted octanol–water partition coefficient (Wildman–Crippen LogP) is -0.867. The molecular formula is C23H35N5O7. The van der Waals surface area contributed by atoms with E-state index in [-0.39, 0.29) is 30.9 Å². The fourth-order valence-electron chi connectivity index (χ4n) is 3.14. The van der Waals surface area contributed by atoms with Crippen LogP contribution in [0.25, 0.3) is 0 Å². The molecule has 0 heterocycles. The molecule has 12 nitrogen and oxygen atoms in total. The number of primary amides is 1. The molecule has 1 aromatic rings. The average molecular weight is 494 g/mol. The van der Waals surface area contributed by atoms with Crippen LogP contribution in [-0.4, -0.2) is 64.0 Å². The highest BCUT2D eigenvalue weighted by Crippen LogP contribution is 2.13. The van der Waals surface area contributed by atoms with Crippen LogP contribution in [0, 0.1) is 5.92 Å². The van der Waals surface area contributed by atoms with Crippen LogP contribution in [-0.2, 0) is 30.4 Å². The molecule has 4 amide bonds. The first-order valence-electron chi connectivity index (χ1n) is 11.3. The first-order valence-corrected chi connectivity index (χ1v) is 11.3. The van der Waals surface area contributed by atoms with E-state index in [4.69, 9.17) is 11.5 Å². The van der Waals surface area contributed by atoms with Crippen LogP contribution in [0.15, 0.2) is 24.3 Å². The van der Waals surface area contributed by atoms with E-state index in [1.54, 1.807) is 13.8 Å². The quantitative estimate of drug-likeness (QED) is 0.172. The fourth-order valence-corrected chi connectivity index (χ4v) is 3.14. The van der Waals surface area contributed by atoms with E-state index in [9.17, 15) is 34.2 Å². The highest BCUT2D eigenvalue weighted by Gasteiger charge is 2.32. The number of carboxylic acid groups (broad SMARTS) is 1. The van der Waals surface area contributed by atoms with E-state index in [2.05, 4.69) is 16.0 Å². The zero-order valence-corrected chi connectivity index (χ0v) is 20.1. The van der Waals surface area contributed by atoms with Gasteiger partial charge in [-0.25, -0.2) is 4.79 Å². The number of phenolic OH excluding ortho intramolecular Hbond substituents is 1. The Morgan fingerprint density at radius 2 is 1.49 bits per heavy atom. The number of nitrogens with one attached hydrogen (secondary N) is 3. The molecule has 1 aromatic carbocycles. The number of carbonyl (C=O) groups is 5. The molecule has 0 aliphatic heterocycles. The zero-order valence-electron chi connectivity index (χ0n) is 20.1. The maximum absolute atomic E-state index is 13.0. The Morgan fingerprint density at radius 3 is 1.97 bits per heavy atom. The molecule has 35 heavy (non-hydrogen) atoms. The van der Waals surface area contributed by atoms with Crippen molar-refractivity contribution in [2.75, 3.05) is 0 Å². The number of benzene rings is 1. The summed E-state index contributed by atoms with van der Waals surface area (Å²) in [6.45, 7) is 4.93. The molecular weight excluding hydrogens is 458 g/mol. The molecule has 0 aliphatic rings. The minimum absolute atomic E-state index is 0.0196. The highest BCUT2D eigenvalue weighted by molar-refractivity contribution is 5.94. The van der Waals surface area contributed by atoms with E-state index in [1.165, 1.54) is 31.2 Å². The van der Waals surface area contributed by atoms with Crippen molar-refractivity contribution in [3.8, 4) is 5.75 Å². The summed E-state index contributed by atoms with van der Waals surface area (Å²) in [6.07, 6.45) is 0.138. The molecule has 0 radical (unpaired) electrons. The molecule has 12 heteroatoms. The van der Waals surface area contributed by atoms with Gasteiger partial charge in [-0.2, -0.15) is 0 Å². The van der Waals surface area contributed by atoms with Crippen LogP contribution in [0.3, 0.4) is 0 Å². The number of amides is 4. The number of phenols is 1. The second-order valence-electron chi connectivity index (χ2n) is 8.50. The van der Waals surface area contributed by atoms with Gasteiger partial charge in [-0.1, -0.05) is 32.4 Å². The number of aromatic hydroxyl groups is 1. The van der Waals surface area contributed by atoms with Crippen molar-refractivity contribution < 1.29 is 34.2 Å². The molecule has 5 atom stereocenters. The largest absolute Gasteiger partial charge is 0.508 e. The second kappa shape index (κ2) is 13.9. The lowest BCUT2D eigenvalue weighted by molar-refractivity contribution is -0.142.